The third kappa shape index (κ3) is 4.30. The number of nitrogens with zero attached hydrogens (tertiary/aromatic N) is 1. The fourth-order valence-electron chi connectivity index (χ4n) is 2.70. The molecule has 0 heterocycles. The van der Waals surface area contributed by atoms with Gasteiger partial charge in [-0.2, -0.15) is 0 Å². The van der Waals surface area contributed by atoms with Crippen LogP contribution in [0.25, 0.3) is 0 Å². The molecule has 1 saturated carbocycles. The molecule has 22 heavy (non-hydrogen) atoms. The number of nitrogens with one attached hydrogen (secondary N) is 1. The zero-order valence-electron chi connectivity index (χ0n) is 13.2. The van der Waals surface area contributed by atoms with E-state index in [-0.39, 0.29) is 10.8 Å². The molecule has 0 unspecified atom stereocenters. The van der Waals surface area contributed by atoms with Gasteiger partial charge in [0.25, 0.3) is 0 Å². The Bertz CT molecular complexity index is 603. The van der Waals surface area contributed by atoms with Crippen molar-refractivity contribution in [1.29, 1.82) is 0 Å². The fourth-order valence-corrected chi connectivity index (χ4v) is 3.60. The Morgan fingerprint density at radius 1 is 1.14 bits per heavy atom. The van der Waals surface area contributed by atoms with E-state index in [1.54, 1.807) is 24.3 Å². The Hall–Kier alpha value is -1.40. The van der Waals surface area contributed by atoms with Gasteiger partial charge in [0.05, 0.1) is 11.3 Å². The highest BCUT2D eigenvalue weighted by atomic mass is 32.2. The summed E-state index contributed by atoms with van der Waals surface area (Å²) >= 11 is 0. The summed E-state index contributed by atoms with van der Waals surface area (Å²) in [5.41, 5.74) is 0.825. The number of hydrogen-bond donors (Lipinski definition) is 1. The van der Waals surface area contributed by atoms with Gasteiger partial charge in [-0.15, -0.1) is 0 Å². The Kier molecular flexibility index (Phi) is 5.58. The summed E-state index contributed by atoms with van der Waals surface area (Å²) in [6, 6.07) is 6.82. The van der Waals surface area contributed by atoms with Gasteiger partial charge < -0.3 is 5.32 Å². The molecule has 5 nitrogen and oxygen atoms in total. The molecule has 1 aliphatic carbocycles. The number of carbonyl (C=O) groups is 1. The molecule has 1 N–H and O–H groups in total. The minimum atomic E-state index is -3.41. The standard InChI is InChI=1S/C16H24N2O3S/c1-18(2)22(20,21)15-10-8-13(9-11-15)12-16(19)17-14-6-4-3-5-7-14/h8-11,14H,3-7,12H2,1-2H3,(H,17,19). The molecule has 1 amide bonds. The predicted molar refractivity (Wildman–Crippen MR) is 86.0 cm³/mol. The molecule has 1 aromatic carbocycles. The molecular weight excluding hydrogens is 300 g/mol. The minimum Gasteiger partial charge on any atom is -0.353 e. The monoisotopic (exact) mass is 324 g/mol. The van der Waals surface area contributed by atoms with Crippen molar-refractivity contribution in [2.75, 3.05) is 14.1 Å². The smallest absolute Gasteiger partial charge is 0.242 e. The van der Waals surface area contributed by atoms with Crippen LogP contribution in [-0.2, 0) is 21.2 Å². The highest BCUT2D eigenvalue weighted by molar-refractivity contribution is 7.89. The van der Waals surface area contributed by atoms with Crippen molar-refractivity contribution >= 4 is 15.9 Å². The van der Waals surface area contributed by atoms with Gasteiger partial charge in [-0.05, 0) is 30.5 Å². The molecule has 1 aromatic rings. The van der Waals surface area contributed by atoms with Crippen molar-refractivity contribution in [1.82, 2.24) is 9.62 Å². The van der Waals surface area contributed by atoms with E-state index < -0.39 is 10.0 Å². The third-order valence-corrected chi connectivity index (χ3v) is 5.87. The van der Waals surface area contributed by atoms with Gasteiger partial charge in [-0.3, -0.25) is 4.79 Å². The van der Waals surface area contributed by atoms with Crippen LogP contribution in [0, 0.1) is 0 Å². The summed E-state index contributed by atoms with van der Waals surface area (Å²) in [6.07, 6.45) is 6.04. The number of sulfonamides is 1. The molecule has 0 aromatic heterocycles. The normalized spacial score (nSPS) is 16.7. The highest BCUT2D eigenvalue weighted by Crippen LogP contribution is 2.18. The molecule has 0 atom stereocenters. The fraction of sp³-hybridized carbons (Fsp3) is 0.562. The topological polar surface area (TPSA) is 66.5 Å². The maximum Gasteiger partial charge on any atom is 0.242 e. The summed E-state index contributed by atoms with van der Waals surface area (Å²) in [6.45, 7) is 0. The van der Waals surface area contributed by atoms with Crippen molar-refractivity contribution in [3.63, 3.8) is 0 Å². The molecule has 122 valence electrons. The second-order valence-electron chi connectivity index (χ2n) is 6.01. The van der Waals surface area contributed by atoms with Gasteiger partial charge in [-0.25, -0.2) is 12.7 Å². The average molecular weight is 324 g/mol. The summed E-state index contributed by atoms with van der Waals surface area (Å²) in [7, 11) is -0.410. The molecule has 0 spiro atoms. The SMILES string of the molecule is CN(C)S(=O)(=O)c1ccc(CC(=O)NC2CCCCC2)cc1. The first-order valence-corrected chi connectivity index (χ1v) is 9.14. The summed E-state index contributed by atoms with van der Waals surface area (Å²) in [5.74, 6) is 0.00937. The van der Waals surface area contributed by atoms with E-state index in [4.69, 9.17) is 0 Å². The van der Waals surface area contributed by atoms with E-state index in [9.17, 15) is 13.2 Å². The maximum atomic E-state index is 12.0. The van der Waals surface area contributed by atoms with Gasteiger partial charge in [0.2, 0.25) is 15.9 Å². The number of amides is 1. The second kappa shape index (κ2) is 7.24. The van der Waals surface area contributed by atoms with Crippen LogP contribution >= 0.6 is 0 Å². The lowest BCUT2D eigenvalue weighted by atomic mass is 9.95. The Morgan fingerprint density at radius 3 is 2.27 bits per heavy atom. The van der Waals surface area contributed by atoms with Crippen LogP contribution in [0.15, 0.2) is 29.2 Å². The van der Waals surface area contributed by atoms with Gasteiger partial charge in [0.15, 0.2) is 0 Å². The molecular formula is C16H24N2O3S. The number of hydrogen-bond acceptors (Lipinski definition) is 3. The summed E-state index contributed by atoms with van der Waals surface area (Å²) in [4.78, 5) is 12.3. The van der Waals surface area contributed by atoms with Crippen molar-refractivity contribution < 1.29 is 13.2 Å². The Morgan fingerprint density at radius 2 is 1.73 bits per heavy atom. The second-order valence-corrected chi connectivity index (χ2v) is 8.16. The van der Waals surface area contributed by atoms with Gasteiger partial charge in [0.1, 0.15) is 0 Å². The number of benzene rings is 1. The van der Waals surface area contributed by atoms with Crippen LogP contribution in [0.2, 0.25) is 0 Å². The molecule has 0 saturated heterocycles. The Balaban J connectivity index is 1.95. The first kappa shape index (κ1) is 17.0. The van der Waals surface area contributed by atoms with Crippen LogP contribution in [0.5, 0.6) is 0 Å². The van der Waals surface area contributed by atoms with Crippen LogP contribution in [0.3, 0.4) is 0 Å². The van der Waals surface area contributed by atoms with Crippen LogP contribution in [-0.4, -0.2) is 38.8 Å². The lowest BCUT2D eigenvalue weighted by Crippen LogP contribution is -2.37. The lowest BCUT2D eigenvalue weighted by Gasteiger charge is -2.22. The quantitative estimate of drug-likeness (QED) is 0.900. The molecule has 0 bridgehead atoms. The molecule has 0 aliphatic heterocycles. The van der Waals surface area contributed by atoms with E-state index in [0.29, 0.717) is 12.5 Å². The van der Waals surface area contributed by atoms with Crippen molar-refractivity contribution in [2.45, 2.75) is 49.5 Å². The van der Waals surface area contributed by atoms with Gasteiger partial charge in [-0.1, -0.05) is 31.4 Å². The van der Waals surface area contributed by atoms with Gasteiger partial charge in [0, 0.05) is 20.1 Å². The first-order chi connectivity index (χ1) is 10.4. The molecule has 6 heteroatoms. The number of rotatable bonds is 5. The van der Waals surface area contributed by atoms with Gasteiger partial charge >= 0.3 is 0 Å². The minimum absolute atomic E-state index is 0.00937. The van der Waals surface area contributed by atoms with E-state index in [2.05, 4.69) is 5.32 Å². The zero-order valence-corrected chi connectivity index (χ0v) is 14.0. The van der Waals surface area contributed by atoms with Crippen LogP contribution in [0.4, 0.5) is 0 Å². The van der Waals surface area contributed by atoms with Crippen molar-refractivity contribution in [2.24, 2.45) is 0 Å². The third-order valence-electron chi connectivity index (χ3n) is 4.04. The largest absolute Gasteiger partial charge is 0.353 e. The molecule has 1 fully saturated rings. The molecule has 1 aliphatic rings. The van der Waals surface area contributed by atoms with E-state index in [1.807, 2.05) is 0 Å². The molecule has 0 radical (unpaired) electrons. The van der Waals surface area contributed by atoms with E-state index >= 15 is 0 Å². The summed E-state index contributed by atoms with van der Waals surface area (Å²) in [5, 5.41) is 3.07. The van der Waals surface area contributed by atoms with E-state index in [1.165, 1.54) is 37.7 Å². The summed E-state index contributed by atoms with van der Waals surface area (Å²) < 4.78 is 25.1. The van der Waals surface area contributed by atoms with Crippen LogP contribution in [0.1, 0.15) is 37.7 Å². The maximum absolute atomic E-state index is 12.0. The average Bonchev–Trinajstić information content (AvgIpc) is 2.48. The lowest BCUT2D eigenvalue weighted by molar-refractivity contribution is -0.121. The van der Waals surface area contributed by atoms with E-state index in [0.717, 1.165) is 18.4 Å². The van der Waals surface area contributed by atoms with Crippen molar-refractivity contribution in [3.8, 4) is 0 Å². The van der Waals surface area contributed by atoms with Crippen LogP contribution < -0.4 is 5.32 Å². The highest BCUT2D eigenvalue weighted by Gasteiger charge is 2.18. The number of carbonyl (C=O) groups excluding carboxylic acids is 1. The molecule has 2 rings (SSSR count). The first-order valence-electron chi connectivity index (χ1n) is 7.70. The van der Waals surface area contributed by atoms with Crippen molar-refractivity contribution in [3.05, 3.63) is 29.8 Å². The Labute approximate surface area is 132 Å². The predicted octanol–water partition coefficient (Wildman–Crippen LogP) is 1.93. The zero-order chi connectivity index (χ0) is 16.2.